The van der Waals surface area contributed by atoms with Crippen LogP contribution >= 0.6 is 0 Å². The van der Waals surface area contributed by atoms with Gasteiger partial charge in [0.05, 0.1) is 19.1 Å². The second-order valence-electron chi connectivity index (χ2n) is 6.95. The molecule has 5 heteroatoms. The molecule has 0 spiro atoms. The van der Waals surface area contributed by atoms with Gasteiger partial charge in [-0.25, -0.2) is 0 Å². The first kappa shape index (κ1) is 18.5. The number of aliphatic carboxylic acids is 1. The summed E-state index contributed by atoms with van der Waals surface area (Å²) in [4.78, 5) is 12.9. The van der Waals surface area contributed by atoms with E-state index < -0.39 is 5.97 Å². The van der Waals surface area contributed by atoms with Crippen molar-refractivity contribution < 1.29 is 19.4 Å². The van der Waals surface area contributed by atoms with Gasteiger partial charge in [0, 0.05) is 25.0 Å². The predicted octanol–water partition coefficient (Wildman–Crippen LogP) is 4.48. The topological polar surface area (TPSA) is 59.0 Å². The number of ether oxygens (including phenoxy) is 2. The number of nitrogens with zero attached hydrogens (tertiary/aromatic N) is 1. The molecule has 1 heterocycles. The van der Waals surface area contributed by atoms with Crippen LogP contribution in [0, 0.1) is 0 Å². The lowest BCUT2D eigenvalue weighted by atomic mass is 10.1. The Morgan fingerprint density at radius 2 is 1.86 bits per heavy atom. The lowest BCUT2D eigenvalue weighted by molar-refractivity contribution is -0.137. The average molecular weight is 377 g/mol. The van der Waals surface area contributed by atoms with E-state index in [-0.39, 0.29) is 12.5 Å². The number of fused-ring (bicyclic) bond motifs is 1. The predicted molar refractivity (Wildman–Crippen MR) is 108 cm³/mol. The van der Waals surface area contributed by atoms with Crippen molar-refractivity contribution in [1.82, 2.24) is 4.90 Å². The van der Waals surface area contributed by atoms with Crippen molar-refractivity contribution in [2.24, 2.45) is 0 Å². The molecule has 0 amide bonds. The van der Waals surface area contributed by atoms with Gasteiger partial charge in [-0.2, -0.15) is 0 Å². The number of rotatable bonds is 6. The first-order valence-electron chi connectivity index (χ1n) is 9.50. The highest BCUT2D eigenvalue weighted by Gasteiger charge is 2.22. The third-order valence-corrected chi connectivity index (χ3v) is 5.02. The summed E-state index contributed by atoms with van der Waals surface area (Å²) in [6, 6.07) is 22.1. The second kappa shape index (κ2) is 8.42. The summed E-state index contributed by atoms with van der Waals surface area (Å²) >= 11 is 0. The van der Waals surface area contributed by atoms with Gasteiger partial charge in [0.1, 0.15) is 11.5 Å². The van der Waals surface area contributed by atoms with E-state index in [1.807, 2.05) is 48.5 Å². The molecule has 1 atom stereocenters. The van der Waals surface area contributed by atoms with Crippen molar-refractivity contribution in [2.75, 3.05) is 26.2 Å². The first-order valence-corrected chi connectivity index (χ1v) is 9.50. The third-order valence-electron chi connectivity index (χ3n) is 5.02. The molecule has 3 aromatic carbocycles. The Morgan fingerprint density at radius 1 is 1.07 bits per heavy atom. The van der Waals surface area contributed by atoms with E-state index >= 15 is 0 Å². The normalized spacial score (nSPS) is 17.5. The lowest BCUT2D eigenvalue weighted by Gasteiger charge is -2.32. The maximum Gasteiger partial charge on any atom is 0.304 e. The summed E-state index contributed by atoms with van der Waals surface area (Å²) in [5, 5.41) is 11.1. The zero-order chi connectivity index (χ0) is 19.3. The highest BCUT2D eigenvalue weighted by molar-refractivity contribution is 5.88. The van der Waals surface area contributed by atoms with Gasteiger partial charge in [0.25, 0.3) is 0 Å². The molecular weight excluding hydrogens is 354 g/mol. The SMILES string of the molecule is O=C(O)CCN1CCOC(c2ccc(Oc3cccc4ccccc34)cc2)C1. The molecule has 28 heavy (non-hydrogen) atoms. The van der Waals surface area contributed by atoms with Gasteiger partial charge in [0.15, 0.2) is 0 Å². The van der Waals surface area contributed by atoms with Gasteiger partial charge in [-0.1, -0.05) is 48.5 Å². The molecule has 0 aromatic heterocycles. The number of carboxylic acids is 1. The van der Waals surface area contributed by atoms with Crippen LogP contribution in [-0.2, 0) is 9.53 Å². The lowest BCUT2D eigenvalue weighted by Crippen LogP contribution is -2.39. The van der Waals surface area contributed by atoms with E-state index in [2.05, 4.69) is 23.1 Å². The van der Waals surface area contributed by atoms with E-state index in [4.69, 9.17) is 14.6 Å². The number of carbonyl (C=O) groups is 1. The van der Waals surface area contributed by atoms with Gasteiger partial charge in [-0.3, -0.25) is 9.69 Å². The zero-order valence-corrected chi connectivity index (χ0v) is 15.6. The van der Waals surface area contributed by atoms with E-state index in [1.165, 1.54) is 0 Å². The van der Waals surface area contributed by atoms with Crippen LogP contribution in [0.15, 0.2) is 66.7 Å². The summed E-state index contributed by atoms with van der Waals surface area (Å²) in [6.45, 7) is 2.64. The molecule has 0 bridgehead atoms. The van der Waals surface area contributed by atoms with Crippen LogP contribution in [-0.4, -0.2) is 42.2 Å². The highest BCUT2D eigenvalue weighted by atomic mass is 16.5. The fourth-order valence-electron chi connectivity index (χ4n) is 3.52. The molecule has 144 valence electrons. The molecule has 0 aliphatic carbocycles. The Hall–Kier alpha value is -2.89. The van der Waals surface area contributed by atoms with Crippen LogP contribution < -0.4 is 4.74 Å². The van der Waals surface area contributed by atoms with Crippen LogP contribution in [0.3, 0.4) is 0 Å². The van der Waals surface area contributed by atoms with E-state index in [0.29, 0.717) is 19.7 Å². The molecular formula is C23H23NO4. The number of hydrogen-bond acceptors (Lipinski definition) is 4. The molecule has 1 saturated heterocycles. The molecule has 4 rings (SSSR count). The fourth-order valence-corrected chi connectivity index (χ4v) is 3.52. The van der Waals surface area contributed by atoms with Crippen molar-refractivity contribution in [3.05, 3.63) is 72.3 Å². The van der Waals surface area contributed by atoms with Crippen LogP contribution in [0.5, 0.6) is 11.5 Å². The van der Waals surface area contributed by atoms with Gasteiger partial charge < -0.3 is 14.6 Å². The van der Waals surface area contributed by atoms with Crippen molar-refractivity contribution in [1.29, 1.82) is 0 Å². The van der Waals surface area contributed by atoms with E-state index in [9.17, 15) is 4.79 Å². The van der Waals surface area contributed by atoms with Crippen LogP contribution in [0.2, 0.25) is 0 Å². The van der Waals surface area contributed by atoms with Crippen molar-refractivity contribution in [2.45, 2.75) is 12.5 Å². The smallest absolute Gasteiger partial charge is 0.304 e. The molecule has 5 nitrogen and oxygen atoms in total. The maximum atomic E-state index is 10.8. The molecule has 0 radical (unpaired) electrons. The minimum atomic E-state index is -0.766. The van der Waals surface area contributed by atoms with Gasteiger partial charge in [-0.05, 0) is 29.1 Å². The summed E-state index contributed by atoms with van der Waals surface area (Å²) in [6.07, 6.45) is 0.110. The van der Waals surface area contributed by atoms with E-state index in [1.54, 1.807) is 0 Å². The molecule has 1 fully saturated rings. The molecule has 1 unspecified atom stereocenters. The van der Waals surface area contributed by atoms with Crippen LogP contribution in [0.25, 0.3) is 10.8 Å². The molecule has 3 aromatic rings. The first-order chi connectivity index (χ1) is 13.7. The second-order valence-corrected chi connectivity index (χ2v) is 6.95. The van der Waals surface area contributed by atoms with Gasteiger partial charge in [-0.15, -0.1) is 0 Å². The van der Waals surface area contributed by atoms with Gasteiger partial charge >= 0.3 is 5.97 Å². The molecule has 1 aliphatic heterocycles. The summed E-state index contributed by atoms with van der Waals surface area (Å²) in [5.41, 5.74) is 1.07. The summed E-state index contributed by atoms with van der Waals surface area (Å²) in [5.74, 6) is 0.844. The Labute approximate surface area is 164 Å². The van der Waals surface area contributed by atoms with E-state index in [0.717, 1.165) is 34.4 Å². The van der Waals surface area contributed by atoms with Crippen molar-refractivity contribution in [3.63, 3.8) is 0 Å². The minimum Gasteiger partial charge on any atom is -0.481 e. The van der Waals surface area contributed by atoms with Crippen molar-refractivity contribution >= 4 is 16.7 Å². The molecule has 1 N–H and O–H groups in total. The van der Waals surface area contributed by atoms with Crippen LogP contribution in [0.1, 0.15) is 18.1 Å². The monoisotopic (exact) mass is 377 g/mol. The number of carboxylic acid groups (broad SMARTS) is 1. The highest BCUT2D eigenvalue weighted by Crippen LogP contribution is 2.31. The summed E-state index contributed by atoms with van der Waals surface area (Å²) in [7, 11) is 0. The average Bonchev–Trinajstić information content (AvgIpc) is 2.73. The maximum absolute atomic E-state index is 10.8. The Bertz CT molecular complexity index is 949. The molecule has 0 saturated carbocycles. The minimum absolute atomic E-state index is 0.0471. The van der Waals surface area contributed by atoms with Crippen molar-refractivity contribution in [3.8, 4) is 11.5 Å². The fraction of sp³-hybridized carbons (Fsp3) is 0.261. The number of benzene rings is 3. The quantitative estimate of drug-likeness (QED) is 0.686. The molecule has 1 aliphatic rings. The number of morpholine rings is 1. The standard InChI is InChI=1S/C23H23NO4/c25-23(26)12-13-24-14-15-27-22(16-24)18-8-10-19(11-9-18)28-21-7-3-5-17-4-1-2-6-20(17)21/h1-11,22H,12-16H2,(H,25,26). The Kier molecular flexibility index (Phi) is 5.55. The third kappa shape index (κ3) is 4.32. The summed E-state index contributed by atoms with van der Waals surface area (Å²) < 4.78 is 12.0. The Morgan fingerprint density at radius 3 is 2.68 bits per heavy atom. The number of hydrogen-bond donors (Lipinski definition) is 1. The van der Waals surface area contributed by atoms with Crippen LogP contribution in [0.4, 0.5) is 0 Å². The Balaban J connectivity index is 1.44. The zero-order valence-electron chi connectivity index (χ0n) is 15.6. The van der Waals surface area contributed by atoms with Gasteiger partial charge in [0.2, 0.25) is 0 Å². The largest absolute Gasteiger partial charge is 0.481 e.